The maximum atomic E-state index is 11.9. The second kappa shape index (κ2) is 5.11. The van der Waals surface area contributed by atoms with E-state index in [1.54, 1.807) is 24.3 Å². The average molecular weight is 258 g/mol. The van der Waals surface area contributed by atoms with Crippen molar-refractivity contribution in [3.63, 3.8) is 0 Å². The highest BCUT2D eigenvalue weighted by Crippen LogP contribution is 2.41. The van der Waals surface area contributed by atoms with Gasteiger partial charge in [-0.15, -0.1) is 0 Å². The van der Waals surface area contributed by atoms with Gasteiger partial charge in [0.15, 0.2) is 0 Å². The summed E-state index contributed by atoms with van der Waals surface area (Å²) in [6.07, 6.45) is 1.58. The summed E-state index contributed by atoms with van der Waals surface area (Å²) in [7, 11) is 0. The third-order valence-electron chi connectivity index (χ3n) is 3.59. The molecule has 1 aliphatic rings. The van der Waals surface area contributed by atoms with Gasteiger partial charge in [-0.3, -0.25) is 9.59 Å². The number of rotatable bonds is 4. The van der Waals surface area contributed by atoms with Crippen molar-refractivity contribution in [2.75, 3.05) is 0 Å². The lowest BCUT2D eigenvalue weighted by atomic mass is 9.68. The summed E-state index contributed by atoms with van der Waals surface area (Å²) in [4.78, 5) is 23.1. The van der Waals surface area contributed by atoms with E-state index < -0.39 is 17.3 Å². The smallest absolute Gasteiger partial charge is 0.319 e. The number of nitriles is 1. The number of carbonyl (C=O) groups excluding carboxylic acids is 1. The molecule has 1 amide bonds. The number of hydrogen-bond acceptors (Lipinski definition) is 3. The van der Waals surface area contributed by atoms with E-state index in [9.17, 15) is 9.59 Å². The number of hydrogen-bond donors (Lipinski definition) is 2. The molecular formula is C14H14N2O3. The summed E-state index contributed by atoms with van der Waals surface area (Å²) in [5.41, 5.74) is 0.162. The molecular weight excluding hydrogens is 244 g/mol. The van der Waals surface area contributed by atoms with Crippen molar-refractivity contribution in [1.82, 2.24) is 5.32 Å². The van der Waals surface area contributed by atoms with Crippen molar-refractivity contribution in [1.29, 1.82) is 5.26 Å². The first-order chi connectivity index (χ1) is 9.08. The molecule has 1 saturated carbocycles. The van der Waals surface area contributed by atoms with Crippen molar-refractivity contribution < 1.29 is 14.7 Å². The zero-order valence-electron chi connectivity index (χ0n) is 10.3. The number of nitrogens with one attached hydrogen (secondary N) is 1. The van der Waals surface area contributed by atoms with E-state index in [1.165, 1.54) is 0 Å². The van der Waals surface area contributed by atoms with E-state index in [-0.39, 0.29) is 6.54 Å². The second-order valence-electron chi connectivity index (χ2n) is 4.73. The highest BCUT2D eigenvalue weighted by Gasteiger charge is 2.50. The van der Waals surface area contributed by atoms with E-state index in [2.05, 4.69) is 5.32 Å². The summed E-state index contributed by atoms with van der Waals surface area (Å²) in [5.74, 6) is -1.47. The van der Waals surface area contributed by atoms with Crippen LogP contribution >= 0.6 is 0 Å². The Morgan fingerprint density at radius 3 is 2.37 bits per heavy atom. The molecule has 19 heavy (non-hydrogen) atoms. The minimum absolute atomic E-state index is 0.277. The molecule has 5 heteroatoms. The van der Waals surface area contributed by atoms with Gasteiger partial charge in [-0.25, -0.2) is 0 Å². The molecule has 0 radical (unpaired) electrons. The van der Waals surface area contributed by atoms with E-state index in [1.807, 2.05) is 6.07 Å². The largest absolute Gasteiger partial charge is 0.480 e. The van der Waals surface area contributed by atoms with Crippen molar-refractivity contribution in [3.8, 4) is 6.07 Å². The van der Waals surface area contributed by atoms with Crippen LogP contribution in [0.1, 0.15) is 30.4 Å². The third-order valence-corrected chi connectivity index (χ3v) is 3.59. The monoisotopic (exact) mass is 258 g/mol. The van der Waals surface area contributed by atoms with Crippen molar-refractivity contribution >= 4 is 11.9 Å². The summed E-state index contributed by atoms with van der Waals surface area (Å²) >= 11 is 0. The molecule has 1 aromatic rings. The topological polar surface area (TPSA) is 90.2 Å². The Balaban J connectivity index is 1.96. The van der Waals surface area contributed by atoms with Gasteiger partial charge < -0.3 is 10.4 Å². The van der Waals surface area contributed by atoms with E-state index in [4.69, 9.17) is 10.4 Å². The van der Waals surface area contributed by atoms with Gasteiger partial charge in [-0.05, 0) is 30.5 Å². The van der Waals surface area contributed by atoms with Crippen LogP contribution in [-0.4, -0.2) is 17.0 Å². The summed E-state index contributed by atoms with van der Waals surface area (Å²) in [6.45, 7) is 0.277. The highest BCUT2D eigenvalue weighted by atomic mass is 16.4. The lowest BCUT2D eigenvalue weighted by molar-refractivity contribution is -0.162. The number of amides is 1. The molecule has 1 aromatic carbocycles. The Bertz CT molecular complexity index is 539. The van der Waals surface area contributed by atoms with Gasteiger partial charge in [0.2, 0.25) is 5.91 Å². The molecule has 2 N–H and O–H groups in total. The Hall–Kier alpha value is -2.35. The van der Waals surface area contributed by atoms with Crippen LogP contribution in [0.5, 0.6) is 0 Å². The molecule has 0 heterocycles. The van der Waals surface area contributed by atoms with E-state index in [0.717, 1.165) is 12.0 Å². The van der Waals surface area contributed by atoms with Crippen LogP contribution in [0.4, 0.5) is 0 Å². The number of carbonyl (C=O) groups is 2. The highest BCUT2D eigenvalue weighted by molar-refractivity contribution is 6.02. The van der Waals surface area contributed by atoms with Gasteiger partial charge in [0.1, 0.15) is 5.41 Å². The Kier molecular flexibility index (Phi) is 3.52. The molecule has 0 aromatic heterocycles. The molecule has 1 fully saturated rings. The number of carboxylic acids is 1. The fraction of sp³-hybridized carbons (Fsp3) is 0.357. The molecule has 0 saturated heterocycles. The predicted molar refractivity (Wildman–Crippen MR) is 66.9 cm³/mol. The number of nitrogens with zero attached hydrogens (tertiary/aromatic N) is 1. The third kappa shape index (κ3) is 2.43. The van der Waals surface area contributed by atoms with Gasteiger partial charge in [0.25, 0.3) is 0 Å². The van der Waals surface area contributed by atoms with E-state index >= 15 is 0 Å². The average Bonchev–Trinajstić information content (AvgIpc) is 2.35. The molecule has 2 rings (SSSR count). The number of benzene rings is 1. The van der Waals surface area contributed by atoms with Crippen LogP contribution in [0.15, 0.2) is 24.3 Å². The minimum atomic E-state index is -1.23. The van der Waals surface area contributed by atoms with E-state index in [0.29, 0.717) is 18.4 Å². The number of carboxylic acid groups (broad SMARTS) is 1. The summed E-state index contributed by atoms with van der Waals surface area (Å²) in [5, 5.41) is 20.4. The predicted octanol–water partition coefficient (Wildman–Crippen LogP) is 1.43. The molecule has 5 nitrogen and oxygen atoms in total. The number of aliphatic carboxylic acids is 1. The fourth-order valence-corrected chi connectivity index (χ4v) is 2.12. The summed E-state index contributed by atoms with van der Waals surface area (Å²) in [6, 6.07) is 8.83. The Morgan fingerprint density at radius 2 is 1.95 bits per heavy atom. The van der Waals surface area contributed by atoms with Crippen molar-refractivity contribution in [2.24, 2.45) is 5.41 Å². The molecule has 0 aliphatic heterocycles. The molecule has 0 unspecified atom stereocenters. The van der Waals surface area contributed by atoms with Crippen LogP contribution in [0.2, 0.25) is 0 Å². The summed E-state index contributed by atoms with van der Waals surface area (Å²) < 4.78 is 0. The zero-order valence-corrected chi connectivity index (χ0v) is 10.3. The minimum Gasteiger partial charge on any atom is -0.480 e. The quantitative estimate of drug-likeness (QED) is 0.799. The fourth-order valence-electron chi connectivity index (χ4n) is 2.12. The second-order valence-corrected chi connectivity index (χ2v) is 4.73. The molecule has 0 spiro atoms. The first kappa shape index (κ1) is 13.1. The molecule has 0 bridgehead atoms. The molecule has 98 valence electrons. The van der Waals surface area contributed by atoms with Gasteiger partial charge in [0, 0.05) is 6.54 Å². The SMILES string of the molecule is N#Cc1ccc(CNC(=O)C2(C(=O)O)CCC2)cc1. The lowest BCUT2D eigenvalue weighted by Crippen LogP contribution is -2.50. The molecule has 1 aliphatic carbocycles. The lowest BCUT2D eigenvalue weighted by Gasteiger charge is -2.35. The van der Waals surface area contributed by atoms with Gasteiger partial charge in [0.05, 0.1) is 11.6 Å². The van der Waals surface area contributed by atoms with Gasteiger partial charge in [-0.2, -0.15) is 5.26 Å². The van der Waals surface area contributed by atoms with Crippen LogP contribution in [-0.2, 0) is 16.1 Å². The van der Waals surface area contributed by atoms with Crippen LogP contribution in [0.25, 0.3) is 0 Å². The molecule has 0 atom stereocenters. The zero-order chi connectivity index (χ0) is 13.9. The Morgan fingerprint density at radius 1 is 1.32 bits per heavy atom. The van der Waals surface area contributed by atoms with Crippen molar-refractivity contribution in [3.05, 3.63) is 35.4 Å². The first-order valence-corrected chi connectivity index (χ1v) is 6.09. The van der Waals surface area contributed by atoms with Crippen molar-refractivity contribution in [2.45, 2.75) is 25.8 Å². The Labute approximate surface area is 110 Å². The van der Waals surface area contributed by atoms with Crippen LogP contribution in [0, 0.1) is 16.7 Å². The standard InChI is InChI=1S/C14H14N2O3/c15-8-10-2-4-11(5-3-10)9-16-12(17)14(13(18)19)6-1-7-14/h2-5H,1,6-7,9H2,(H,16,17)(H,18,19). The van der Waals surface area contributed by atoms with Gasteiger partial charge >= 0.3 is 5.97 Å². The maximum absolute atomic E-state index is 11.9. The van der Waals surface area contributed by atoms with Crippen LogP contribution in [0.3, 0.4) is 0 Å². The first-order valence-electron chi connectivity index (χ1n) is 6.09. The maximum Gasteiger partial charge on any atom is 0.319 e. The normalized spacial score (nSPS) is 15.9. The van der Waals surface area contributed by atoms with Crippen LogP contribution < -0.4 is 5.32 Å². The van der Waals surface area contributed by atoms with Gasteiger partial charge in [-0.1, -0.05) is 18.6 Å².